The van der Waals surface area contributed by atoms with Gasteiger partial charge in [-0.15, -0.1) is 0 Å². The van der Waals surface area contributed by atoms with Gasteiger partial charge in [-0.25, -0.2) is 4.98 Å². The summed E-state index contributed by atoms with van der Waals surface area (Å²) in [7, 11) is 0. The first kappa shape index (κ1) is 12.6. The number of aromatic nitrogens is 2. The van der Waals surface area contributed by atoms with Crippen LogP contribution in [0.25, 0.3) is 0 Å². The van der Waals surface area contributed by atoms with E-state index in [1.807, 2.05) is 18.7 Å². The van der Waals surface area contributed by atoms with Gasteiger partial charge in [0.2, 0.25) is 0 Å². The van der Waals surface area contributed by atoms with Crippen LogP contribution in [-0.2, 0) is 6.54 Å². The van der Waals surface area contributed by atoms with Crippen molar-refractivity contribution in [2.45, 2.75) is 19.5 Å². The summed E-state index contributed by atoms with van der Waals surface area (Å²) < 4.78 is 3.35. The molecule has 1 N–H and O–H groups in total. The molecule has 1 heterocycles. The van der Waals surface area contributed by atoms with E-state index in [1.54, 1.807) is 0 Å². The molecule has 1 atom stereocenters. The first-order valence-electron chi connectivity index (χ1n) is 5.70. The Kier molecular flexibility index (Phi) is 4.56. The Balaban J connectivity index is 1.81. The van der Waals surface area contributed by atoms with Crippen LogP contribution in [0.5, 0.6) is 0 Å². The van der Waals surface area contributed by atoms with E-state index in [4.69, 9.17) is 0 Å². The molecule has 0 aliphatic heterocycles. The SMILES string of the molecule is CC(NCCn1ccnc1)c1ccc(I)cc1. The topological polar surface area (TPSA) is 29.9 Å². The van der Waals surface area contributed by atoms with E-state index < -0.39 is 0 Å². The summed E-state index contributed by atoms with van der Waals surface area (Å²) >= 11 is 2.32. The Labute approximate surface area is 115 Å². The zero-order valence-electron chi connectivity index (χ0n) is 9.81. The maximum Gasteiger partial charge on any atom is 0.0946 e. The number of hydrogen-bond donors (Lipinski definition) is 1. The van der Waals surface area contributed by atoms with Crippen LogP contribution in [0.15, 0.2) is 43.0 Å². The van der Waals surface area contributed by atoms with Crippen molar-refractivity contribution in [2.75, 3.05) is 6.54 Å². The number of hydrogen-bond acceptors (Lipinski definition) is 2. The summed E-state index contributed by atoms with van der Waals surface area (Å²) in [6.45, 7) is 4.09. The molecular formula is C13H16IN3. The summed E-state index contributed by atoms with van der Waals surface area (Å²) in [4.78, 5) is 4.02. The number of benzene rings is 1. The van der Waals surface area contributed by atoms with Crippen molar-refractivity contribution in [1.82, 2.24) is 14.9 Å². The van der Waals surface area contributed by atoms with Gasteiger partial charge >= 0.3 is 0 Å². The predicted molar refractivity (Wildman–Crippen MR) is 77.8 cm³/mol. The van der Waals surface area contributed by atoms with Gasteiger partial charge in [-0.3, -0.25) is 0 Å². The molecule has 0 saturated carbocycles. The molecule has 2 aromatic rings. The summed E-state index contributed by atoms with van der Waals surface area (Å²) in [6.07, 6.45) is 5.64. The quantitative estimate of drug-likeness (QED) is 0.848. The summed E-state index contributed by atoms with van der Waals surface area (Å²) in [6, 6.07) is 9.02. The largest absolute Gasteiger partial charge is 0.336 e. The zero-order valence-corrected chi connectivity index (χ0v) is 12.0. The van der Waals surface area contributed by atoms with Crippen LogP contribution < -0.4 is 5.32 Å². The molecule has 4 heteroatoms. The maximum absolute atomic E-state index is 4.02. The third-order valence-corrected chi connectivity index (χ3v) is 3.47. The van der Waals surface area contributed by atoms with Crippen LogP contribution in [0.1, 0.15) is 18.5 Å². The van der Waals surface area contributed by atoms with E-state index in [2.05, 4.69) is 68.6 Å². The van der Waals surface area contributed by atoms with Gasteiger partial charge in [-0.05, 0) is 47.2 Å². The third-order valence-electron chi connectivity index (χ3n) is 2.75. The third kappa shape index (κ3) is 3.81. The fraction of sp³-hybridized carbons (Fsp3) is 0.308. The molecular weight excluding hydrogens is 325 g/mol. The lowest BCUT2D eigenvalue weighted by atomic mass is 10.1. The maximum atomic E-state index is 4.02. The van der Waals surface area contributed by atoms with Gasteiger partial charge in [0.1, 0.15) is 0 Å². The van der Waals surface area contributed by atoms with Crippen LogP contribution in [0.3, 0.4) is 0 Å². The van der Waals surface area contributed by atoms with E-state index in [0.29, 0.717) is 6.04 Å². The predicted octanol–water partition coefficient (Wildman–Crippen LogP) is 2.84. The standard InChI is InChI=1S/C13H16IN3/c1-11(12-2-4-13(14)5-3-12)16-7-9-17-8-6-15-10-17/h2-6,8,10-11,16H,7,9H2,1H3. The smallest absolute Gasteiger partial charge is 0.0946 e. The molecule has 0 bridgehead atoms. The monoisotopic (exact) mass is 341 g/mol. The van der Waals surface area contributed by atoms with E-state index in [1.165, 1.54) is 9.13 Å². The summed E-state index contributed by atoms with van der Waals surface area (Å²) in [5.41, 5.74) is 1.33. The molecule has 17 heavy (non-hydrogen) atoms. The fourth-order valence-electron chi connectivity index (χ4n) is 1.70. The van der Waals surface area contributed by atoms with Crippen molar-refractivity contribution in [3.63, 3.8) is 0 Å². The Morgan fingerprint density at radius 2 is 2.12 bits per heavy atom. The molecule has 0 saturated heterocycles. The highest BCUT2D eigenvalue weighted by molar-refractivity contribution is 14.1. The van der Waals surface area contributed by atoms with Gasteiger partial charge in [0.05, 0.1) is 6.33 Å². The lowest BCUT2D eigenvalue weighted by Gasteiger charge is -2.14. The fourth-order valence-corrected chi connectivity index (χ4v) is 2.06. The molecule has 0 aliphatic carbocycles. The number of rotatable bonds is 5. The molecule has 0 spiro atoms. The number of nitrogens with one attached hydrogen (secondary N) is 1. The zero-order chi connectivity index (χ0) is 12.1. The van der Waals surface area contributed by atoms with Gasteiger partial charge in [0, 0.05) is 35.1 Å². The number of imidazole rings is 1. The first-order chi connectivity index (χ1) is 8.25. The molecule has 1 aromatic carbocycles. The Morgan fingerprint density at radius 1 is 1.35 bits per heavy atom. The molecule has 1 unspecified atom stereocenters. The highest BCUT2D eigenvalue weighted by Crippen LogP contribution is 2.14. The Hall–Kier alpha value is -0.880. The summed E-state index contributed by atoms with van der Waals surface area (Å²) in [5, 5.41) is 3.51. The van der Waals surface area contributed by atoms with Crippen molar-refractivity contribution in [2.24, 2.45) is 0 Å². The molecule has 0 fully saturated rings. The van der Waals surface area contributed by atoms with Crippen molar-refractivity contribution < 1.29 is 0 Å². The lowest BCUT2D eigenvalue weighted by Crippen LogP contribution is -2.22. The van der Waals surface area contributed by atoms with Crippen LogP contribution >= 0.6 is 22.6 Å². The second-order valence-electron chi connectivity index (χ2n) is 4.03. The van der Waals surface area contributed by atoms with Gasteiger partial charge in [-0.2, -0.15) is 0 Å². The van der Waals surface area contributed by atoms with E-state index in [-0.39, 0.29) is 0 Å². The molecule has 2 rings (SSSR count). The molecule has 1 aromatic heterocycles. The molecule has 90 valence electrons. The van der Waals surface area contributed by atoms with E-state index in [0.717, 1.165) is 13.1 Å². The highest BCUT2D eigenvalue weighted by atomic mass is 127. The lowest BCUT2D eigenvalue weighted by molar-refractivity contribution is 0.531. The van der Waals surface area contributed by atoms with Crippen LogP contribution in [-0.4, -0.2) is 16.1 Å². The summed E-state index contributed by atoms with van der Waals surface area (Å²) in [5.74, 6) is 0. The van der Waals surface area contributed by atoms with Crippen LogP contribution in [0.4, 0.5) is 0 Å². The van der Waals surface area contributed by atoms with Crippen molar-refractivity contribution in [1.29, 1.82) is 0 Å². The van der Waals surface area contributed by atoms with Gasteiger partial charge in [-0.1, -0.05) is 12.1 Å². The van der Waals surface area contributed by atoms with Crippen LogP contribution in [0, 0.1) is 3.57 Å². The van der Waals surface area contributed by atoms with Crippen molar-refractivity contribution in [3.05, 3.63) is 52.1 Å². The average molecular weight is 341 g/mol. The van der Waals surface area contributed by atoms with E-state index >= 15 is 0 Å². The van der Waals surface area contributed by atoms with Gasteiger partial charge < -0.3 is 9.88 Å². The van der Waals surface area contributed by atoms with Crippen molar-refractivity contribution in [3.8, 4) is 0 Å². The van der Waals surface area contributed by atoms with E-state index in [9.17, 15) is 0 Å². The van der Waals surface area contributed by atoms with Gasteiger partial charge in [0.25, 0.3) is 0 Å². The molecule has 0 radical (unpaired) electrons. The Bertz CT molecular complexity index is 436. The average Bonchev–Trinajstić information content (AvgIpc) is 2.83. The minimum absolute atomic E-state index is 0.385. The first-order valence-corrected chi connectivity index (χ1v) is 6.78. The number of halogens is 1. The molecule has 0 amide bonds. The molecule has 0 aliphatic rings. The normalized spacial score (nSPS) is 12.6. The van der Waals surface area contributed by atoms with Gasteiger partial charge in [0.15, 0.2) is 0 Å². The van der Waals surface area contributed by atoms with Crippen molar-refractivity contribution >= 4 is 22.6 Å². The molecule has 3 nitrogen and oxygen atoms in total. The Morgan fingerprint density at radius 3 is 2.76 bits per heavy atom. The minimum atomic E-state index is 0.385. The second kappa shape index (κ2) is 6.16. The minimum Gasteiger partial charge on any atom is -0.336 e. The van der Waals surface area contributed by atoms with Crippen LogP contribution in [0.2, 0.25) is 0 Å². The number of nitrogens with zero attached hydrogens (tertiary/aromatic N) is 2. The second-order valence-corrected chi connectivity index (χ2v) is 5.27. The highest BCUT2D eigenvalue weighted by Gasteiger charge is 2.03.